The number of carbonyl (C=O) groups is 1. The maximum atomic E-state index is 11.0. The average Bonchev–Trinajstić information content (AvgIpc) is 2.38. The number of nitrogens with zero attached hydrogens (tertiary/aromatic N) is 3. The molecule has 0 saturated carbocycles. The molecule has 1 aromatic heterocycles. The van der Waals surface area contributed by atoms with Crippen molar-refractivity contribution < 1.29 is 4.79 Å². The number of aromatic nitrogens is 1. The van der Waals surface area contributed by atoms with Crippen LogP contribution in [-0.2, 0) is 4.79 Å². The molecule has 5 heteroatoms. The third kappa shape index (κ3) is 1.88. The van der Waals surface area contributed by atoms with Crippen LogP contribution >= 0.6 is 0 Å². The van der Waals surface area contributed by atoms with Gasteiger partial charge in [-0.25, -0.2) is 4.98 Å². The smallest absolute Gasteiger partial charge is 0.147 e. The quantitative estimate of drug-likeness (QED) is 0.701. The van der Waals surface area contributed by atoms with Crippen LogP contribution in [0.3, 0.4) is 0 Å². The summed E-state index contributed by atoms with van der Waals surface area (Å²) in [4.78, 5) is 17.0. The molecule has 16 heavy (non-hydrogen) atoms. The van der Waals surface area contributed by atoms with Gasteiger partial charge in [-0.2, -0.15) is 5.26 Å². The van der Waals surface area contributed by atoms with Crippen LogP contribution in [0.5, 0.6) is 0 Å². The van der Waals surface area contributed by atoms with Crippen molar-refractivity contribution in [2.24, 2.45) is 0 Å². The Kier molecular flexibility index (Phi) is 3.13. The van der Waals surface area contributed by atoms with E-state index in [9.17, 15) is 4.79 Å². The second kappa shape index (κ2) is 4.73. The second-order valence-electron chi connectivity index (χ2n) is 3.59. The number of hydrogen-bond acceptors (Lipinski definition) is 5. The molecule has 1 aromatic rings. The molecule has 0 aliphatic carbocycles. The van der Waals surface area contributed by atoms with Gasteiger partial charge in [0.2, 0.25) is 0 Å². The first kappa shape index (κ1) is 10.6. The molecule has 2 rings (SSSR count). The van der Waals surface area contributed by atoms with Crippen molar-refractivity contribution in [3.05, 3.63) is 23.9 Å². The summed E-state index contributed by atoms with van der Waals surface area (Å²) in [5.74, 6) is 0.601. The minimum Gasteiger partial charge on any atom is -0.343 e. The SMILES string of the molecule is N#Cc1cccnc1N1CCNCC1C=O. The van der Waals surface area contributed by atoms with Crippen LogP contribution < -0.4 is 10.2 Å². The molecule has 1 aliphatic heterocycles. The molecule has 0 aromatic carbocycles. The topological polar surface area (TPSA) is 69.0 Å². The molecule has 0 radical (unpaired) electrons. The van der Waals surface area contributed by atoms with Gasteiger partial charge in [0, 0.05) is 25.8 Å². The number of anilines is 1. The molecule has 0 amide bonds. The Balaban J connectivity index is 2.34. The molecule has 1 N–H and O–H groups in total. The summed E-state index contributed by atoms with van der Waals surface area (Å²) in [6, 6.07) is 5.29. The Morgan fingerprint density at radius 3 is 3.31 bits per heavy atom. The average molecular weight is 216 g/mol. The maximum Gasteiger partial charge on any atom is 0.147 e. The van der Waals surface area contributed by atoms with Crippen molar-refractivity contribution in [3.8, 4) is 6.07 Å². The van der Waals surface area contributed by atoms with Gasteiger partial charge < -0.3 is 15.0 Å². The fourth-order valence-corrected chi connectivity index (χ4v) is 1.82. The van der Waals surface area contributed by atoms with E-state index in [0.29, 0.717) is 24.5 Å². The number of aldehydes is 1. The van der Waals surface area contributed by atoms with E-state index in [1.165, 1.54) is 0 Å². The van der Waals surface area contributed by atoms with Gasteiger partial charge in [-0.15, -0.1) is 0 Å². The van der Waals surface area contributed by atoms with E-state index in [1.54, 1.807) is 18.3 Å². The highest BCUT2D eigenvalue weighted by Crippen LogP contribution is 2.18. The lowest BCUT2D eigenvalue weighted by Crippen LogP contribution is -2.52. The minimum atomic E-state index is -0.240. The predicted octanol–water partition coefficient (Wildman–Crippen LogP) is -0.0696. The van der Waals surface area contributed by atoms with Crippen LogP contribution in [0.15, 0.2) is 18.3 Å². The normalized spacial score (nSPS) is 20.2. The molecule has 82 valence electrons. The Hall–Kier alpha value is -1.93. The highest BCUT2D eigenvalue weighted by molar-refractivity contribution is 5.68. The maximum absolute atomic E-state index is 11.0. The molecule has 2 heterocycles. The lowest BCUT2D eigenvalue weighted by molar-refractivity contribution is -0.109. The summed E-state index contributed by atoms with van der Waals surface area (Å²) in [6.07, 6.45) is 2.53. The van der Waals surface area contributed by atoms with Crippen LogP contribution in [0.4, 0.5) is 5.82 Å². The van der Waals surface area contributed by atoms with Crippen LogP contribution in [0.25, 0.3) is 0 Å². The molecule has 1 atom stereocenters. The van der Waals surface area contributed by atoms with Crippen molar-refractivity contribution in [1.82, 2.24) is 10.3 Å². The highest BCUT2D eigenvalue weighted by atomic mass is 16.1. The summed E-state index contributed by atoms with van der Waals surface area (Å²) >= 11 is 0. The van der Waals surface area contributed by atoms with E-state index in [-0.39, 0.29) is 6.04 Å². The van der Waals surface area contributed by atoms with E-state index in [2.05, 4.69) is 16.4 Å². The molecule has 0 spiro atoms. The fraction of sp³-hybridized carbons (Fsp3) is 0.364. The van der Waals surface area contributed by atoms with Crippen LogP contribution in [0.1, 0.15) is 5.56 Å². The monoisotopic (exact) mass is 216 g/mol. The van der Waals surface area contributed by atoms with Crippen molar-refractivity contribution >= 4 is 12.1 Å². The van der Waals surface area contributed by atoms with Crippen LogP contribution in [0, 0.1) is 11.3 Å². The molecular weight excluding hydrogens is 204 g/mol. The summed E-state index contributed by atoms with van der Waals surface area (Å²) in [5, 5.41) is 12.1. The van der Waals surface area contributed by atoms with Crippen molar-refractivity contribution in [3.63, 3.8) is 0 Å². The van der Waals surface area contributed by atoms with E-state index in [4.69, 9.17) is 5.26 Å². The van der Waals surface area contributed by atoms with Gasteiger partial charge in [0.05, 0.1) is 11.6 Å². The first-order valence-corrected chi connectivity index (χ1v) is 5.14. The van der Waals surface area contributed by atoms with E-state index in [0.717, 1.165) is 12.8 Å². The van der Waals surface area contributed by atoms with E-state index >= 15 is 0 Å². The molecule has 5 nitrogen and oxygen atoms in total. The zero-order valence-electron chi connectivity index (χ0n) is 8.76. The van der Waals surface area contributed by atoms with Crippen LogP contribution in [-0.4, -0.2) is 36.9 Å². The number of rotatable bonds is 2. The molecule has 1 fully saturated rings. The van der Waals surface area contributed by atoms with Gasteiger partial charge in [0.15, 0.2) is 0 Å². The Morgan fingerprint density at radius 2 is 2.56 bits per heavy atom. The molecule has 1 saturated heterocycles. The first-order chi connectivity index (χ1) is 7.86. The van der Waals surface area contributed by atoms with E-state index in [1.807, 2.05) is 4.90 Å². The largest absolute Gasteiger partial charge is 0.343 e. The van der Waals surface area contributed by atoms with Gasteiger partial charge in [0.1, 0.15) is 18.2 Å². The number of piperazine rings is 1. The van der Waals surface area contributed by atoms with Gasteiger partial charge >= 0.3 is 0 Å². The minimum absolute atomic E-state index is 0.240. The van der Waals surface area contributed by atoms with Crippen LogP contribution in [0.2, 0.25) is 0 Å². The summed E-state index contributed by atoms with van der Waals surface area (Å²) in [7, 11) is 0. The number of carbonyl (C=O) groups excluding carboxylic acids is 1. The fourth-order valence-electron chi connectivity index (χ4n) is 1.82. The van der Waals surface area contributed by atoms with Gasteiger partial charge in [0.25, 0.3) is 0 Å². The van der Waals surface area contributed by atoms with Gasteiger partial charge in [-0.1, -0.05) is 0 Å². The molecule has 1 aliphatic rings. The number of pyridine rings is 1. The van der Waals surface area contributed by atoms with Gasteiger partial charge in [-0.05, 0) is 12.1 Å². The summed E-state index contributed by atoms with van der Waals surface area (Å²) in [6.45, 7) is 2.09. The van der Waals surface area contributed by atoms with Crippen molar-refractivity contribution in [2.75, 3.05) is 24.5 Å². The molecule has 0 bridgehead atoms. The summed E-state index contributed by atoms with van der Waals surface area (Å²) < 4.78 is 0. The van der Waals surface area contributed by atoms with Crippen molar-refractivity contribution in [2.45, 2.75) is 6.04 Å². The third-order valence-electron chi connectivity index (χ3n) is 2.62. The number of nitriles is 1. The van der Waals surface area contributed by atoms with Crippen molar-refractivity contribution in [1.29, 1.82) is 5.26 Å². The van der Waals surface area contributed by atoms with E-state index < -0.39 is 0 Å². The number of hydrogen-bond donors (Lipinski definition) is 1. The zero-order chi connectivity index (χ0) is 11.4. The Morgan fingerprint density at radius 1 is 1.69 bits per heavy atom. The lowest BCUT2D eigenvalue weighted by Gasteiger charge is -2.34. The predicted molar refractivity (Wildman–Crippen MR) is 59.0 cm³/mol. The highest BCUT2D eigenvalue weighted by Gasteiger charge is 2.24. The third-order valence-corrected chi connectivity index (χ3v) is 2.62. The molecular formula is C11H12N4O. The zero-order valence-corrected chi connectivity index (χ0v) is 8.76. The van der Waals surface area contributed by atoms with Gasteiger partial charge in [-0.3, -0.25) is 0 Å². The Bertz CT molecular complexity index is 426. The Labute approximate surface area is 93.7 Å². The standard InChI is InChI=1S/C11H12N4O/c12-6-9-2-1-3-14-11(9)15-5-4-13-7-10(15)8-16/h1-3,8,10,13H,4-5,7H2. The first-order valence-electron chi connectivity index (χ1n) is 5.14. The lowest BCUT2D eigenvalue weighted by atomic mass is 10.1. The number of nitrogens with one attached hydrogen (secondary N) is 1. The second-order valence-corrected chi connectivity index (χ2v) is 3.59. The molecule has 1 unspecified atom stereocenters. The summed E-state index contributed by atoms with van der Waals surface area (Å²) in [5.41, 5.74) is 0.510.